The Hall–Kier alpha value is -2.78. The molecule has 0 spiro atoms. The van der Waals surface area contributed by atoms with E-state index in [4.69, 9.17) is 19.0 Å². The Morgan fingerprint density at radius 1 is 1.18 bits per heavy atom. The summed E-state index contributed by atoms with van der Waals surface area (Å²) in [4.78, 5) is 11.6. The van der Waals surface area contributed by atoms with Crippen molar-refractivity contribution in [1.29, 1.82) is 0 Å². The average Bonchev–Trinajstić information content (AvgIpc) is 3.46. The van der Waals surface area contributed by atoms with Gasteiger partial charge in [0, 0.05) is 42.7 Å². The Morgan fingerprint density at radius 3 is 2.70 bits per heavy atom. The van der Waals surface area contributed by atoms with Gasteiger partial charge in [-0.3, -0.25) is 0 Å². The number of rotatable bonds is 5. The zero-order valence-electron chi connectivity index (χ0n) is 19.5. The van der Waals surface area contributed by atoms with Crippen LogP contribution < -0.4 is 15.0 Å². The highest BCUT2D eigenvalue weighted by molar-refractivity contribution is 5.93. The summed E-state index contributed by atoms with van der Waals surface area (Å²) in [5, 5.41) is 8.41. The van der Waals surface area contributed by atoms with Crippen LogP contribution in [0.4, 0.5) is 10.2 Å². The van der Waals surface area contributed by atoms with Crippen LogP contribution in [-0.2, 0) is 4.74 Å². The molecule has 2 saturated heterocycles. The number of aryl methyl sites for hydroxylation is 2. The van der Waals surface area contributed by atoms with Crippen LogP contribution in [0.25, 0.3) is 22.4 Å². The van der Waals surface area contributed by atoms with Gasteiger partial charge < -0.3 is 24.2 Å². The molecule has 3 aromatic rings. The number of nitrogens with one attached hydrogen (secondary N) is 1. The van der Waals surface area contributed by atoms with Crippen LogP contribution in [0.3, 0.4) is 0 Å². The summed E-state index contributed by atoms with van der Waals surface area (Å²) in [5.74, 6) is 1.66. The van der Waals surface area contributed by atoms with Gasteiger partial charge in [0.25, 0.3) is 5.89 Å². The Kier molecular flexibility index (Phi) is 5.92. The molecule has 2 aromatic heterocycles. The molecular formula is C24H30FN5O3. The molecule has 3 atom stereocenters. The van der Waals surface area contributed by atoms with Crippen LogP contribution in [-0.4, -0.2) is 60.1 Å². The first-order valence-corrected chi connectivity index (χ1v) is 11.5. The van der Waals surface area contributed by atoms with Crippen molar-refractivity contribution < 1.29 is 18.4 Å². The second-order valence-corrected chi connectivity index (χ2v) is 9.08. The Labute approximate surface area is 192 Å². The second kappa shape index (κ2) is 8.87. The summed E-state index contributed by atoms with van der Waals surface area (Å²) >= 11 is 0. The second-order valence-electron chi connectivity index (χ2n) is 9.08. The number of ether oxygens (including phenoxy) is 2. The van der Waals surface area contributed by atoms with Crippen LogP contribution in [0.15, 0.2) is 16.7 Å². The fourth-order valence-electron chi connectivity index (χ4n) is 5.06. The Balaban J connectivity index is 1.56. The van der Waals surface area contributed by atoms with Gasteiger partial charge in [-0.25, -0.2) is 9.37 Å². The molecule has 0 aliphatic carbocycles. The maximum Gasteiger partial charge on any atom is 0.261 e. The molecule has 0 amide bonds. The van der Waals surface area contributed by atoms with Crippen LogP contribution in [0.2, 0.25) is 0 Å². The molecule has 1 aromatic carbocycles. The fourth-order valence-corrected chi connectivity index (χ4v) is 5.06. The number of halogens is 1. The summed E-state index contributed by atoms with van der Waals surface area (Å²) in [6, 6.07) is 4.22. The van der Waals surface area contributed by atoms with Crippen molar-refractivity contribution in [2.24, 2.45) is 0 Å². The number of hydrogen-bond acceptors (Lipinski definition) is 8. The number of methoxy groups -OCH3 is 1. The lowest BCUT2D eigenvalue weighted by molar-refractivity contribution is 0.185. The van der Waals surface area contributed by atoms with E-state index in [9.17, 15) is 0 Å². The molecule has 0 unspecified atom stereocenters. The maximum atomic E-state index is 15.1. The third-order valence-electron chi connectivity index (χ3n) is 6.78. The number of fused-ring (bicyclic) bond motifs is 1. The lowest BCUT2D eigenvalue weighted by atomic mass is 9.95. The number of pyridine rings is 1. The smallest absolute Gasteiger partial charge is 0.261 e. The summed E-state index contributed by atoms with van der Waals surface area (Å²) in [6.45, 7) is 8.32. The molecule has 176 valence electrons. The number of piperidine rings is 1. The van der Waals surface area contributed by atoms with E-state index in [0.29, 0.717) is 46.3 Å². The van der Waals surface area contributed by atoms with Gasteiger partial charge in [0.1, 0.15) is 17.1 Å². The Bertz CT molecular complexity index is 1160. The van der Waals surface area contributed by atoms with Crippen molar-refractivity contribution in [3.8, 4) is 17.2 Å². The van der Waals surface area contributed by atoms with Crippen molar-refractivity contribution in [2.45, 2.75) is 58.2 Å². The predicted octanol–water partition coefficient (Wildman–Crippen LogP) is 3.79. The predicted molar refractivity (Wildman–Crippen MR) is 123 cm³/mol. The summed E-state index contributed by atoms with van der Waals surface area (Å²) < 4.78 is 31.4. The van der Waals surface area contributed by atoms with E-state index in [1.807, 2.05) is 6.92 Å². The molecule has 8 nitrogen and oxygen atoms in total. The average molecular weight is 456 g/mol. The minimum atomic E-state index is -0.410. The normalized spacial score (nSPS) is 23.4. The molecule has 2 aliphatic heterocycles. The number of hydrogen-bond donors (Lipinski definition) is 1. The zero-order valence-corrected chi connectivity index (χ0v) is 19.5. The molecule has 5 rings (SSSR count). The fraction of sp³-hybridized carbons (Fsp3) is 0.542. The van der Waals surface area contributed by atoms with Gasteiger partial charge in [-0.1, -0.05) is 5.16 Å². The maximum absolute atomic E-state index is 15.1. The molecule has 0 saturated carbocycles. The molecule has 33 heavy (non-hydrogen) atoms. The van der Waals surface area contributed by atoms with E-state index in [1.54, 1.807) is 13.0 Å². The lowest BCUT2D eigenvalue weighted by Gasteiger charge is -2.40. The SMILES string of the molecule is COc1cc(F)c2nc(N3CC[C@H](N[C@H]4CCOC4)C[C@@H]3C)c(-c3nc(C)no3)c(C)c2c1. The third kappa shape index (κ3) is 4.15. The third-order valence-corrected chi connectivity index (χ3v) is 6.78. The molecule has 0 bridgehead atoms. The highest BCUT2D eigenvalue weighted by Crippen LogP contribution is 2.40. The van der Waals surface area contributed by atoms with Gasteiger partial charge in [0.05, 0.1) is 19.3 Å². The van der Waals surface area contributed by atoms with Gasteiger partial charge in [0.2, 0.25) is 0 Å². The van der Waals surface area contributed by atoms with Gasteiger partial charge in [-0.15, -0.1) is 0 Å². The molecule has 0 radical (unpaired) electrons. The molecule has 4 heterocycles. The van der Waals surface area contributed by atoms with Gasteiger partial charge in [0.15, 0.2) is 11.6 Å². The highest BCUT2D eigenvalue weighted by atomic mass is 19.1. The largest absolute Gasteiger partial charge is 0.497 e. The topological polar surface area (TPSA) is 85.5 Å². The first-order valence-electron chi connectivity index (χ1n) is 11.5. The first kappa shape index (κ1) is 22.0. The summed E-state index contributed by atoms with van der Waals surface area (Å²) in [6.07, 6.45) is 2.99. The van der Waals surface area contributed by atoms with Crippen LogP contribution in [0.5, 0.6) is 5.75 Å². The summed E-state index contributed by atoms with van der Waals surface area (Å²) in [5.41, 5.74) is 1.91. The van der Waals surface area contributed by atoms with E-state index in [-0.39, 0.29) is 6.04 Å². The zero-order chi connectivity index (χ0) is 23.1. The molecular weight excluding hydrogens is 425 g/mol. The lowest BCUT2D eigenvalue weighted by Crippen LogP contribution is -2.50. The van der Waals surface area contributed by atoms with Crippen molar-refractivity contribution in [3.05, 3.63) is 29.3 Å². The van der Waals surface area contributed by atoms with E-state index in [0.717, 1.165) is 50.1 Å². The number of anilines is 1. The molecule has 1 N–H and O–H groups in total. The van der Waals surface area contributed by atoms with E-state index in [2.05, 4.69) is 27.3 Å². The van der Waals surface area contributed by atoms with Gasteiger partial charge in [-0.2, -0.15) is 4.98 Å². The summed E-state index contributed by atoms with van der Waals surface area (Å²) in [7, 11) is 1.53. The monoisotopic (exact) mass is 455 g/mol. The number of benzene rings is 1. The standard InChI is InChI=1S/C24H30FN5O3/c1-13-9-16(27-17-6-8-32-12-17)5-7-30(13)23-21(24-26-15(3)29-33-24)14(2)19-10-18(31-4)11-20(25)22(19)28-23/h10-11,13,16-17,27H,5-9,12H2,1-4H3/t13-,16-,17-/m0/s1. The van der Waals surface area contributed by atoms with E-state index in [1.165, 1.54) is 13.2 Å². The first-order chi connectivity index (χ1) is 15.9. The van der Waals surface area contributed by atoms with Crippen molar-refractivity contribution in [3.63, 3.8) is 0 Å². The van der Waals surface area contributed by atoms with Crippen molar-refractivity contribution >= 4 is 16.7 Å². The number of aromatic nitrogens is 3. The van der Waals surface area contributed by atoms with Crippen LogP contribution >= 0.6 is 0 Å². The van der Waals surface area contributed by atoms with Gasteiger partial charge >= 0.3 is 0 Å². The molecule has 2 aliphatic rings. The van der Waals surface area contributed by atoms with Crippen molar-refractivity contribution in [1.82, 2.24) is 20.4 Å². The van der Waals surface area contributed by atoms with E-state index < -0.39 is 5.82 Å². The highest BCUT2D eigenvalue weighted by Gasteiger charge is 2.32. The van der Waals surface area contributed by atoms with Crippen molar-refractivity contribution in [2.75, 3.05) is 31.8 Å². The minimum absolute atomic E-state index is 0.201. The van der Waals surface area contributed by atoms with Crippen LogP contribution in [0.1, 0.15) is 37.6 Å². The minimum Gasteiger partial charge on any atom is -0.497 e. The molecule has 9 heteroatoms. The van der Waals surface area contributed by atoms with Crippen LogP contribution in [0, 0.1) is 19.7 Å². The quantitative estimate of drug-likeness (QED) is 0.622. The Morgan fingerprint density at radius 2 is 2.03 bits per heavy atom. The molecule has 2 fully saturated rings. The van der Waals surface area contributed by atoms with E-state index >= 15 is 4.39 Å². The number of nitrogens with zero attached hydrogens (tertiary/aromatic N) is 4. The van der Waals surface area contributed by atoms with Gasteiger partial charge in [-0.05, 0) is 51.7 Å².